The van der Waals surface area contributed by atoms with E-state index in [1.807, 2.05) is 18.2 Å². The lowest BCUT2D eigenvalue weighted by Gasteiger charge is -2.23. The van der Waals surface area contributed by atoms with E-state index in [2.05, 4.69) is 71.9 Å². The Morgan fingerprint density at radius 3 is 2.32 bits per heavy atom. The van der Waals surface area contributed by atoms with Gasteiger partial charge in [0.1, 0.15) is 5.82 Å². The van der Waals surface area contributed by atoms with Crippen LogP contribution in [0.15, 0.2) is 59.8 Å². The Morgan fingerprint density at radius 2 is 1.71 bits per heavy atom. The zero-order valence-corrected chi connectivity index (χ0v) is 17.7. The molecular weight excluding hydrogens is 371 g/mol. The van der Waals surface area contributed by atoms with Crippen molar-refractivity contribution in [3.8, 4) is 0 Å². The molecule has 28 heavy (non-hydrogen) atoms. The molecule has 4 nitrogen and oxygen atoms in total. The molecule has 2 atom stereocenters. The molecule has 3 aromatic rings. The van der Waals surface area contributed by atoms with E-state index in [-0.39, 0.29) is 17.1 Å². The number of benzene rings is 2. The third-order valence-electron chi connectivity index (χ3n) is 4.86. The Balaban J connectivity index is 1.93. The van der Waals surface area contributed by atoms with Crippen molar-refractivity contribution in [2.45, 2.75) is 43.3 Å². The van der Waals surface area contributed by atoms with Gasteiger partial charge in [-0.2, -0.15) is 0 Å². The summed E-state index contributed by atoms with van der Waals surface area (Å²) in [5.74, 6) is 0.761. The molecule has 1 heterocycles. The monoisotopic (exact) mass is 398 g/mol. The largest absolute Gasteiger partial charge is 0.300 e. The third kappa shape index (κ3) is 4.80. The quantitative estimate of drug-likeness (QED) is 0.480. The molecule has 1 aromatic heterocycles. The summed E-state index contributed by atoms with van der Waals surface area (Å²) in [5, 5.41) is 10.1. The second-order valence-electron chi connectivity index (χ2n) is 7.11. The standard InChI is InChI=1S/C22H27FN4S/c1-5-20(26(3)4)21-24-25-22(27(21)15-17-9-7-6-8-10-17)28-16(2)18-11-13-19(23)14-12-18/h6-14,16,20H,5,15H2,1-4H3/t16-,20-/m0/s1. The number of halogens is 1. The van der Waals surface area contributed by atoms with Gasteiger partial charge in [0, 0.05) is 5.25 Å². The van der Waals surface area contributed by atoms with Crippen molar-refractivity contribution in [2.75, 3.05) is 14.1 Å². The summed E-state index contributed by atoms with van der Waals surface area (Å²) < 4.78 is 15.5. The summed E-state index contributed by atoms with van der Waals surface area (Å²) in [6.07, 6.45) is 0.956. The van der Waals surface area contributed by atoms with Crippen molar-refractivity contribution < 1.29 is 4.39 Å². The highest BCUT2D eigenvalue weighted by atomic mass is 32.2. The summed E-state index contributed by atoms with van der Waals surface area (Å²) in [6.45, 7) is 5.01. The van der Waals surface area contributed by atoms with Crippen molar-refractivity contribution in [1.82, 2.24) is 19.7 Å². The molecule has 0 fully saturated rings. The molecule has 0 aliphatic carbocycles. The highest BCUT2D eigenvalue weighted by molar-refractivity contribution is 7.99. The topological polar surface area (TPSA) is 34.0 Å². The highest BCUT2D eigenvalue weighted by Gasteiger charge is 2.23. The van der Waals surface area contributed by atoms with E-state index >= 15 is 0 Å². The van der Waals surface area contributed by atoms with Crippen LogP contribution in [-0.4, -0.2) is 33.8 Å². The first kappa shape index (κ1) is 20.6. The predicted octanol–water partition coefficient (Wildman–Crippen LogP) is 5.33. The molecule has 3 rings (SSSR count). The molecule has 0 unspecified atom stereocenters. The van der Waals surface area contributed by atoms with E-state index in [0.717, 1.165) is 29.5 Å². The van der Waals surface area contributed by atoms with E-state index in [9.17, 15) is 4.39 Å². The van der Waals surface area contributed by atoms with Gasteiger partial charge in [0.15, 0.2) is 11.0 Å². The van der Waals surface area contributed by atoms with E-state index < -0.39 is 0 Å². The van der Waals surface area contributed by atoms with Crippen molar-refractivity contribution >= 4 is 11.8 Å². The fraction of sp³-hybridized carbons (Fsp3) is 0.364. The van der Waals surface area contributed by atoms with Crippen LogP contribution in [0, 0.1) is 5.82 Å². The predicted molar refractivity (Wildman–Crippen MR) is 113 cm³/mol. The fourth-order valence-electron chi connectivity index (χ4n) is 3.29. The first-order valence-electron chi connectivity index (χ1n) is 9.55. The minimum Gasteiger partial charge on any atom is -0.300 e. The van der Waals surface area contributed by atoms with Gasteiger partial charge in [-0.05, 0) is 50.7 Å². The minimum absolute atomic E-state index is 0.145. The van der Waals surface area contributed by atoms with E-state index in [1.165, 1.54) is 17.7 Å². The molecule has 0 N–H and O–H groups in total. The first-order valence-corrected chi connectivity index (χ1v) is 10.4. The van der Waals surface area contributed by atoms with Crippen LogP contribution < -0.4 is 0 Å². The van der Waals surface area contributed by atoms with Crippen LogP contribution >= 0.6 is 11.8 Å². The van der Waals surface area contributed by atoms with E-state index in [4.69, 9.17) is 0 Å². The van der Waals surface area contributed by atoms with Crippen molar-refractivity contribution in [3.05, 3.63) is 77.4 Å². The average molecular weight is 399 g/mol. The van der Waals surface area contributed by atoms with Gasteiger partial charge in [0.05, 0.1) is 12.6 Å². The van der Waals surface area contributed by atoms with Gasteiger partial charge in [0.2, 0.25) is 0 Å². The summed E-state index contributed by atoms with van der Waals surface area (Å²) in [6, 6.07) is 17.3. The molecule has 0 bridgehead atoms. The maximum absolute atomic E-state index is 13.3. The SMILES string of the molecule is CC[C@@H](c1nnc(S[C@@H](C)c2ccc(F)cc2)n1Cc1ccccc1)N(C)C. The van der Waals surface area contributed by atoms with Crippen LogP contribution in [0.5, 0.6) is 0 Å². The number of nitrogens with zero attached hydrogens (tertiary/aromatic N) is 4. The lowest BCUT2D eigenvalue weighted by molar-refractivity contribution is 0.272. The second kappa shape index (κ2) is 9.34. The number of hydrogen-bond donors (Lipinski definition) is 0. The molecule has 148 valence electrons. The molecule has 0 spiro atoms. The van der Waals surface area contributed by atoms with Gasteiger partial charge in [-0.15, -0.1) is 10.2 Å². The minimum atomic E-state index is -0.216. The molecule has 6 heteroatoms. The van der Waals surface area contributed by atoms with E-state index in [0.29, 0.717) is 0 Å². The fourth-order valence-corrected chi connectivity index (χ4v) is 4.27. The summed E-state index contributed by atoms with van der Waals surface area (Å²) >= 11 is 1.66. The van der Waals surface area contributed by atoms with Gasteiger partial charge >= 0.3 is 0 Å². The summed E-state index contributed by atoms with van der Waals surface area (Å²) in [5.41, 5.74) is 2.29. The van der Waals surface area contributed by atoms with Crippen molar-refractivity contribution in [1.29, 1.82) is 0 Å². The van der Waals surface area contributed by atoms with Crippen LogP contribution in [0.4, 0.5) is 4.39 Å². The second-order valence-corrected chi connectivity index (χ2v) is 8.42. The molecule has 0 amide bonds. The highest BCUT2D eigenvalue weighted by Crippen LogP contribution is 2.35. The Morgan fingerprint density at radius 1 is 1.04 bits per heavy atom. The number of rotatable bonds is 8. The summed E-state index contributed by atoms with van der Waals surface area (Å²) in [4.78, 5) is 2.18. The lowest BCUT2D eigenvalue weighted by atomic mass is 10.2. The number of aromatic nitrogens is 3. The van der Waals surface area contributed by atoms with E-state index in [1.54, 1.807) is 11.8 Å². The average Bonchev–Trinajstić information content (AvgIpc) is 3.05. The van der Waals surface area contributed by atoms with Crippen LogP contribution in [0.3, 0.4) is 0 Å². The van der Waals surface area contributed by atoms with Crippen LogP contribution in [0.25, 0.3) is 0 Å². The van der Waals surface area contributed by atoms with Gasteiger partial charge in [-0.25, -0.2) is 4.39 Å². The Kier molecular flexibility index (Phi) is 6.86. The zero-order valence-electron chi connectivity index (χ0n) is 16.8. The third-order valence-corrected chi connectivity index (χ3v) is 6.00. The van der Waals surface area contributed by atoms with Gasteiger partial charge in [0.25, 0.3) is 0 Å². The van der Waals surface area contributed by atoms with Crippen molar-refractivity contribution in [3.63, 3.8) is 0 Å². The molecule has 0 radical (unpaired) electrons. The Labute approximate surface area is 170 Å². The molecular formula is C22H27FN4S. The van der Waals surface area contributed by atoms with Crippen LogP contribution in [0.2, 0.25) is 0 Å². The maximum Gasteiger partial charge on any atom is 0.192 e. The molecule has 0 saturated heterocycles. The van der Waals surface area contributed by atoms with Gasteiger partial charge in [-0.1, -0.05) is 61.2 Å². The molecule has 2 aromatic carbocycles. The van der Waals surface area contributed by atoms with Crippen molar-refractivity contribution in [2.24, 2.45) is 0 Å². The first-order chi connectivity index (χ1) is 13.5. The van der Waals surface area contributed by atoms with Crippen LogP contribution in [0.1, 0.15) is 48.5 Å². The lowest BCUT2D eigenvalue weighted by Crippen LogP contribution is -2.23. The molecule has 0 saturated carbocycles. The maximum atomic E-state index is 13.3. The molecule has 0 aliphatic rings. The zero-order chi connectivity index (χ0) is 20.1. The van der Waals surface area contributed by atoms with Gasteiger partial charge in [-0.3, -0.25) is 4.90 Å². The molecule has 0 aliphatic heterocycles. The smallest absolute Gasteiger partial charge is 0.192 e. The number of thioether (sulfide) groups is 1. The summed E-state index contributed by atoms with van der Waals surface area (Å²) in [7, 11) is 4.15. The normalized spacial score (nSPS) is 13.6. The number of hydrogen-bond acceptors (Lipinski definition) is 4. The Bertz CT molecular complexity index is 877. The Hall–Kier alpha value is -2.18. The van der Waals surface area contributed by atoms with Crippen LogP contribution in [-0.2, 0) is 6.54 Å². The van der Waals surface area contributed by atoms with Gasteiger partial charge < -0.3 is 4.57 Å².